The van der Waals surface area contributed by atoms with Crippen molar-refractivity contribution in [3.8, 4) is 0 Å². The minimum Gasteiger partial charge on any atom is -0.388 e. The van der Waals surface area contributed by atoms with E-state index >= 15 is 0 Å². The molecule has 25 heavy (non-hydrogen) atoms. The maximum Gasteiger partial charge on any atom is 0.229 e. The average Bonchev–Trinajstić information content (AvgIpc) is 3.21. The van der Waals surface area contributed by atoms with Crippen LogP contribution in [0.5, 0.6) is 0 Å². The fourth-order valence-corrected chi connectivity index (χ4v) is 3.44. The van der Waals surface area contributed by atoms with Crippen molar-refractivity contribution in [3.05, 3.63) is 29.7 Å². The molecule has 1 aliphatic carbocycles. The van der Waals surface area contributed by atoms with E-state index in [1.165, 1.54) is 0 Å². The first kappa shape index (κ1) is 16.3. The molecule has 0 bridgehead atoms. The summed E-state index contributed by atoms with van der Waals surface area (Å²) in [5.74, 6) is 1.64. The third-order valence-corrected chi connectivity index (χ3v) is 5.07. The first-order valence-corrected chi connectivity index (χ1v) is 8.82. The van der Waals surface area contributed by atoms with Crippen LogP contribution in [-0.2, 0) is 24.7 Å². The highest BCUT2D eigenvalue weighted by atomic mass is 16.5. The molecule has 1 saturated heterocycles. The molecule has 1 aliphatic heterocycles. The van der Waals surface area contributed by atoms with Crippen molar-refractivity contribution >= 4 is 5.91 Å². The zero-order valence-corrected chi connectivity index (χ0v) is 14.4. The van der Waals surface area contributed by atoms with Crippen molar-refractivity contribution in [2.75, 3.05) is 13.1 Å². The van der Waals surface area contributed by atoms with Gasteiger partial charge in [-0.05, 0) is 31.7 Å². The van der Waals surface area contributed by atoms with Crippen LogP contribution >= 0.6 is 0 Å². The molecule has 134 valence electrons. The molecule has 0 radical (unpaired) electrons. The smallest absolute Gasteiger partial charge is 0.229 e. The second kappa shape index (κ2) is 6.25. The maximum absolute atomic E-state index is 12.6. The van der Waals surface area contributed by atoms with Gasteiger partial charge in [0.1, 0.15) is 0 Å². The number of aromatic nitrogens is 4. The highest BCUT2D eigenvalue weighted by Gasteiger charge is 2.38. The van der Waals surface area contributed by atoms with Gasteiger partial charge in [-0.25, -0.2) is 0 Å². The molecule has 1 unspecified atom stereocenters. The van der Waals surface area contributed by atoms with Crippen molar-refractivity contribution in [1.82, 2.24) is 24.8 Å². The molecule has 3 heterocycles. The van der Waals surface area contributed by atoms with Crippen LogP contribution in [0.2, 0.25) is 0 Å². The molecule has 2 aromatic rings. The van der Waals surface area contributed by atoms with Gasteiger partial charge in [-0.1, -0.05) is 5.16 Å². The highest BCUT2D eigenvalue weighted by molar-refractivity contribution is 5.78. The molecular weight excluding hydrogens is 322 g/mol. The molecule has 4 rings (SSSR count). The predicted molar refractivity (Wildman–Crippen MR) is 87.7 cm³/mol. The van der Waals surface area contributed by atoms with Gasteiger partial charge in [0.2, 0.25) is 11.8 Å². The molecule has 0 spiro atoms. The van der Waals surface area contributed by atoms with E-state index in [0.29, 0.717) is 44.2 Å². The van der Waals surface area contributed by atoms with Crippen LogP contribution in [-0.4, -0.2) is 54.5 Å². The Morgan fingerprint density at radius 1 is 1.48 bits per heavy atom. The van der Waals surface area contributed by atoms with Gasteiger partial charge < -0.3 is 14.5 Å². The highest BCUT2D eigenvalue weighted by Crippen LogP contribution is 2.38. The quantitative estimate of drug-likeness (QED) is 0.862. The van der Waals surface area contributed by atoms with Crippen LogP contribution in [0, 0.1) is 0 Å². The summed E-state index contributed by atoms with van der Waals surface area (Å²) in [7, 11) is 1.82. The van der Waals surface area contributed by atoms with Crippen LogP contribution in [0.3, 0.4) is 0 Å². The van der Waals surface area contributed by atoms with E-state index in [-0.39, 0.29) is 5.91 Å². The molecule has 2 aromatic heterocycles. The Hall–Kier alpha value is -2.22. The van der Waals surface area contributed by atoms with E-state index in [9.17, 15) is 9.90 Å². The minimum atomic E-state index is -1.01. The number of β-amino-alcohol motifs (C(OH)–C–C–N with tert-alkyl or cyclic N) is 1. The van der Waals surface area contributed by atoms with Crippen molar-refractivity contribution in [2.24, 2.45) is 7.05 Å². The van der Waals surface area contributed by atoms with Gasteiger partial charge in [-0.15, -0.1) is 0 Å². The fourth-order valence-electron chi connectivity index (χ4n) is 3.44. The Kier molecular flexibility index (Phi) is 4.07. The second-order valence-corrected chi connectivity index (χ2v) is 7.26. The fraction of sp³-hybridized carbons (Fsp3) is 0.647. The minimum absolute atomic E-state index is 0.00548. The lowest BCUT2D eigenvalue weighted by atomic mass is 9.89. The summed E-state index contributed by atoms with van der Waals surface area (Å²) in [5, 5.41) is 19.0. The Labute approximate surface area is 145 Å². The number of hydrogen-bond acceptors (Lipinski definition) is 6. The van der Waals surface area contributed by atoms with Gasteiger partial charge in [-0.3, -0.25) is 9.48 Å². The molecule has 2 aliphatic rings. The molecule has 1 amide bonds. The molecule has 1 N–H and O–H groups in total. The summed E-state index contributed by atoms with van der Waals surface area (Å²) >= 11 is 0. The topological polar surface area (TPSA) is 97.3 Å². The lowest BCUT2D eigenvalue weighted by Crippen LogP contribution is -2.52. The lowest BCUT2D eigenvalue weighted by Gasteiger charge is -2.38. The second-order valence-electron chi connectivity index (χ2n) is 7.26. The van der Waals surface area contributed by atoms with Crippen molar-refractivity contribution < 1.29 is 14.4 Å². The number of carbonyl (C=O) groups is 1. The van der Waals surface area contributed by atoms with E-state index in [2.05, 4.69) is 15.2 Å². The van der Waals surface area contributed by atoms with E-state index in [4.69, 9.17) is 4.52 Å². The standard InChI is InChI=1S/C17H23N5O3/c1-21-13(5-7-18-21)9-15(23)22-8-2-6-17(24,11-22)10-14-19-16(20-25-14)12-3-4-12/h5,7,12,24H,2-4,6,8-11H2,1H3. The number of likely N-dealkylation sites (tertiary alicyclic amines) is 1. The van der Waals surface area contributed by atoms with Crippen molar-refractivity contribution in [3.63, 3.8) is 0 Å². The van der Waals surface area contributed by atoms with E-state index in [0.717, 1.165) is 30.8 Å². The lowest BCUT2D eigenvalue weighted by molar-refractivity contribution is -0.137. The Morgan fingerprint density at radius 2 is 2.32 bits per heavy atom. The monoisotopic (exact) mass is 345 g/mol. The number of piperidine rings is 1. The summed E-state index contributed by atoms with van der Waals surface area (Å²) < 4.78 is 6.99. The Bertz CT molecular complexity index is 766. The zero-order valence-electron chi connectivity index (χ0n) is 14.4. The summed E-state index contributed by atoms with van der Waals surface area (Å²) in [6.45, 7) is 0.959. The van der Waals surface area contributed by atoms with Gasteiger partial charge in [-0.2, -0.15) is 10.1 Å². The third kappa shape index (κ3) is 3.58. The number of hydrogen-bond donors (Lipinski definition) is 1. The average molecular weight is 345 g/mol. The van der Waals surface area contributed by atoms with Crippen LogP contribution in [0.15, 0.2) is 16.8 Å². The number of rotatable bonds is 5. The van der Waals surface area contributed by atoms with Crippen LogP contribution in [0.25, 0.3) is 0 Å². The number of nitrogens with zero attached hydrogens (tertiary/aromatic N) is 5. The zero-order chi connectivity index (χ0) is 17.4. The normalized spacial score (nSPS) is 23.8. The Morgan fingerprint density at radius 3 is 3.04 bits per heavy atom. The largest absolute Gasteiger partial charge is 0.388 e. The summed E-state index contributed by atoms with van der Waals surface area (Å²) in [6.07, 6.45) is 5.88. The van der Waals surface area contributed by atoms with Gasteiger partial charge in [0.25, 0.3) is 0 Å². The molecule has 1 atom stereocenters. The molecule has 1 saturated carbocycles. The van der Waals surface area contributed by atoms with Crippen LogP contribution in [0.4, 0.5) is 0 Å². The first-order chi connectivity index (χ1) is 12.0. The number of amides is 1. The summed E-state index contributed by atoms with van der Waals surface area (Å²) in [4.78, 5) is 18.7. The van der Waals surface area contributed by atoms with E-state index in [1.807, 2.05) is 13.1 Å². The van der Waals surface area contributed by atoms with Gasteiger partial charge >= 0.3 is 0 Å². The molecular formula is C17H23N5O3. The number of aliphatic hydroxyl groups is 1. The first-order valence-electron chi connectivity index (χ1n) is 8.82. The summed E-state index contributed by atoms with van der Waals surface area (Å²) in [5.41, 5.74) is -0.140. The molecule has 2 fully saturated rings. The van der Waals surface area contributed by atoms with E-state index in [1.54, 1.807) is 15.8 Å². The molecule has 8 nitrogen and oxygen atoms in total. The van der Waals surface area contributed by atoms with Crippen LogP contribution < -0.4 is 0 Å². The number of aryl methyl sites for hydroxylation is 1. The van der Waals surface area contributed by atoms with E-state index < -0.39 is 5.60 Å². The van der Waals surface area contributed by atoms with Gasteiger partial charge in [0, 0.05) is 37.9 Å². The van der Waals surface area contributed by atoms with Crippen LogP contribution in [0.1, 0.15) is 49.0 Å². The molecule has 8 heteroatoms. The third-order valence-electron chi connectivity index (χ3n) is 5.07. The number of carbonyl (C=O) groups excluding carboxylic acids is 1. The Balaban J connectivity index is 1.40. The van der Waals surface area contributed by atoms with Gasteiger partial charge in [0.15, 0.2) is 5.82 Å². The molecule has 0 aromatic carbocycles. The van der Waals surface area contributed by atoms with Gasteiger partial charge in [0.05, 0.1) is 18.4 Å². The maximum atomic E-state index is 12.6. The van der Waals surface area contributed by atoms with Crippen molar-refractivity contribution in [1.29, 1.82) is 0 Å². The SMILES string of the molecule is Cn1nccc1CC(=O)N1CCCC(O)(Cc2nc(C3CC3)no2)C1. The van der Waals surface area contributed by atoms with Crippen molar-refractivity contribution in [2.45, 2.75) is 50.0 Å². The predicted octanol–water partition coefficient (Wildman–Crippen LogP) is 0.819. The summed E-state index contributed by atoms with van der Waals surface area (Å²) in [6, 6.07) is 1.84.